The largest absolute Gasteiger partial charge is 0.478 e. The minimum Gasteiger partial charge on any atom is -0.478 e. The Morgan fingerprint density at radius 2 is 1.95 bits per heavy atom. The third-order valence-electron chi connectivity index (χ3n) is 3.05. The maximum Gasteiger partial charge on any atom is 0.335 e. The van der Waals surface area contributed by atoms with Crippen molar-refractivity contribution in [3.63, 3.8) is 0 Å². The van der Waals surface area contributed by atoms with E-state index < -0.39 is 5.97 Å². The maximum absolute atomic E-state index is 10.8. The number of carbonyl (C=O) groups is 1. The highest BCUT2D eigenvalue weighted by Gasteiger charge is 2.10. The zero-order valence-corrected chi connectivity index (χ0v) is 10.2. The molecule has 3 aromatic rings. The normalized spacial score (nSPS) is 10.8. The van der Waals surface area contributed by atoms with Crippen LogP contribution in [0.15, 0.2) is 42.6 Å². The van der Waals surface area contributed by atoms with Gasteiger partial charge in [-0.1, -0.05) is 12.1 Å². The van der Waals surface area contributed by atoms with Gasteiger partial charge in [-0.25, -0.2) is 14.8 Å². The number of nitrogens with zero attached hydrogens (tertiary/aromatic N) is 3. The Labute approximate surface area is 109 Å². The lowest BCUT2D eigenvalue weighted by Gasteiger charge is -2.02. The fraction of sp³-hybridized carbons (Fsp3) is 0.0714. The van der Waals surface area contributed by atoms with Gasteiger partial charge in [0, 0.05) is 18.8 Å². The minimum absolute atomic E-state index is 0.264. The molecule has 0 radical (unpaired) electrons. The second kappa shape index (κ2) is 4.20. The van der Waals surface area contributed by atoms with Crippen LogP contribution in [-0.4, -0.2) is 25.6 Å². The number of benzene rings is 1. The van der Waals surface area contributed by atoms with Crippen molar-refractivity contribution in [1.82, 2.24) is 14.5 Å². The molecule has 2 aromatic heterocycles. The van der Waals surface area contributed by atoms with Crippen LogP contribution in [-0.2, 0) is 7.05 Å². The predicted molar refractivity (Wildman–Crippen MR) is 70.9 cm³/mol. The van der Waals surface area contributed by atoms with E-state index in [1.165, 1.54) is 0 Å². The van der Waals surface area contributed by atoms with Gasteiger partial charge in [0.1, 0.15) is 5.82 Å². The number of aromatic carboxylic acids is 1. The number of pyridine rings is 1. The van der Waals surface area contributed by atoms with Crippen molar-refractivity contribution in [1.29, 1.82) is 0 Å². The van der Waals surface area contributed by atoms with E-state index in [0.29, 0.717) is 5.65 Å². The Kier molecular flexibility index (Phi) is 2.52. The van der Waals surface area contributed by atoms with Crippen molar-refractivity contribution < 1.29 is 9.90 Å². The fourth-order valence-corrected chi connectivity index (χ4v) is 2.05. The van der Waals surface area contributed by atoms with Crippen molar-refractivity contribution in [2.75, 3.05) is 0 Å². The highest BCUT2D eigenvalue weighted by molar-refractivity contribution is 5.88. The number of hydrogen-bond acceptors (Lipinski definition) is 3. The van der Waals surface area contributed by atoms with E-state index in [0.717, 1.165) is 16.9 Å². The Morgan fingerprint density at radius 3 is 2.58 bits per heavy atom. The summed E-state index contributed by atoms with van der Waals surface area (Å²) in [5.41, 5.74) is 2.76. The zero-order chi connectivity index (χ0) is 13.4. The molecular formula is C14H11N3O2. The lowest BCUT2D eigenvalue weighted by Crippen LogP contribution is -1.96. The van der Waals surface area contributed by atoms with E-state index in [2.05, 4.69) is 9.97 Å². The maximum atomic E-state index is 10.8. The molecule has 0 atom stereocenters. The van der Waals surface area contributed by atoms with Crippen LogP contribution in [0, 0.1) is 0 Å². The summed E-state index contributed by atoms with van der Waals surface area (Å²) in [6.45, 7) is 0. The van der Waals surface area contributed by atoms with E-state index in [-0.39, 0.29) is 5.56 Å². The molecule has 0 aliphatic heterocycles. The molecule has 0 aliphatic rings. The number of hydrogen-bond donors (Lipinski definition) is 1. The summed E-state index contributed by atoms with van der Waals surface area (Å²) in [6.07, 6.45) is 1.70. The molecule has 0 saturated carbocycles. The van der Waals surface area contributed by atoms with Crippen LogP contribution in [0.4, 0.5) is 0 Å². The molecule has 1 N–H and O–H groups in total. The van der Waals surface area contributed by atoms with Crippen LogP contribution in [0.25, 0.3) is 22.6 Å². The lowest BCUT2D eigenvalue weighted by molar-refractivity contribution is 0.0697. The molecule has 0 aliphatic carbocycles. The van der Waals surface area contributed by atoms with Gasteiger partial charge in [0.25, 0.3) is 0 Å². The first-order chi connectivity index (χ1) is 9.16. The zero-order valence-electron chi connectivity index (χ0n) is 10.2. The summed E-state index contributed by atoms with van der Waals surface area (Å²) in [7, 11) is 1.91. The predicted octanol–water partition coefficient (Wildman–Crippen LogP) is 2.33. The molecule has 0 spiro atoms. The summed E-state index contributed by atoms with van der Waals surface area (Å²) >= 11 is 0. The first-order valence-corrected chi connectivity index (χ1v) is 5.78. The Balaban J connectivity index is 2.13. The van der Waals surface area contributed by atoms with Crippen LogP contribution in [0.3, 0.4) is 0 Å². The van der Waals surface area contributed by atoms with Crippen LogP contribution in [0.5, 0.6) is 0 Å². The van der Waals surface area contributed by atoms with Crippen LogP contribution < -0.4 is 0 Å². The SMILES string of the molecule is Cn1c(-c2ccc(C(=O)O)cc2)nc2ncccc21. The topological polar surface area (TPSA) is 68.0 Å². The number of aryl methyl sites for hydroxylation is 1. The second-order valence-corrected chi connectivity index (χ2v) is 4.22. The Bertz CT molecular complexity index is 760. The van der Waals surface area contributed by atoms with Crippen molar-refractivity contribution in [2.24, 2.45) is 7.05 Å². The van der Waals surface area contributed by atoms with Gasteiger partial charge < -0.3 is 9.67 Å². The first kappa shape index (κ1) is 11.4. The van der Waals surface area contributed by atoms with Gasteiger partial charge in [0.05, 0.1) is 11.1 Å². The average molecular weight is 253 g/mol. The third-order valence-corrected chi connectivity index (χ3v) is 3.05. The molecule has 3 rings (SSSR count). The van der Waals surface area contributed by atoms with Gasteiger partial charge >= 0.3 is 5.97 Å². The molecule has 0 bridgehead atoms. The van der Waals surface area contributed by atoms with Crippen LogP contribution >= 0.6 is 0 Å². The number of carboxylic acids is 1. The van der Waals surface area contributed by atoms with Gasteiger partial charge in [0.15, 0.2) is 5.65 Å². The van der Waals surface area contributed by atoms with Gasteiger partial charge in [0.2, 0.25) is 0 Å². The average Bonchev–Trinajstić information content (AvgIpc) is 2.77. The molecule has 2 heterocycles. The van der Waals surface area contributed by atoms with Crippen LogP contribution in [0.2, 0.25) is 0 Å². The number of fused-ring (bicyclic) bond motifs is 1. The number of imidazole rings is 1. The summed E-state index contributed by atoms with van der Waals surface area (Å²) in [5.74, 6) is -0.163. The van der Waals surface area contributed by atoms with E-state index in [1.807, 2.05) is 23.7 Å². The molecule has 5 nitrogen and oxygen atoms in total. The first-order valence-electron chi connectivity index (χ1n) is 5.78. The lowest BCUT2D eigenvalue weighted by atomic mass is 10.1. The Morgan fingerprint density at radius 1 is 1.21 bits per heavy atom. The molecule has 0 saturated heterocycles. The van der Waals surface area contributed by atoms with Crippen LogP contribution in [0.1, 0.15) is 10.4 Å². The highest BCUT2D eigenvalue weighted by atomic mass is 16.4. The van der Waals surface area contributed by atoms with E-state index >= 15 is 0 Å². The van der Waals surface area contributed by atoms with Crippen molar-refractivity contribution in [3.05, 3.63) is 48.2 Å². The van der Waals surface area contributed by atoms with E-state index in [1.54, 1.807) is 30.5 Å². The minimum atomic E-state index is -0.932. The number of aromatic nitrogens is 3. The van der Waals surface area contributed by atoms with Gasteiger partial charge in [-0.2, -0.15) is 0 Å². The van der Waals surface area contributed by atoms with E-state index in [4.69, 9.17) is 5.11 Å². The van der Waals surface area contributed by atoms with Gasteiger partial charge in [-0.05, 0) is 24.3 Å². The Hall–Kier alpha value is -2.69. The number of carboxylic acid groups (broad SMARTS) is 1. The molecule has 0 unspecified atom stereocenters. The summed E-state index contributed by atoms with van der Waals surface area (Å²) in [5, 5.41) is 8.88. The third kappa shape index (κ3) is 1.85. The number of rotatable bonds is 2. The van der Waals surface area contributed by atoms with Crippen molar-refractivity contribution in [2.45, 2.75) is 0 Å². The standard InChI is InChI=1S/C14H11N3O2/c1-17-11-3-2-8-15-12(11)16-13(17)9-4-6-10(7-5-9)14(18)19/h2-8H,1H3,(H,18,19). The molecule has 0 amide bonds. The van der Waals surface area contributed by atoms with Crippen molar-refractivity contribution in [3.8, 4) is 11.4 Å². The molecule has 1 aromatic carbocycles. The summed E-state index contributed by atoms with van der Waals surface area (Å²) in [6, 6.07) is 10.5. The smallest absolute Gasteiger partial charge is 0.335 e. The molecule has 5 heteroatoms. The van der Waals surface area contributed by atoms with Gasteiger partial charge in [-0.15, -0.1) is 0 Å². The molecule has 19 heavy (non-hydrogen) atoms. The van der Waals surface area contributed by atoms with E-state index in [9.17, 15) is 4.79 Å². The second-order valence-electron chi connectivity index (χ2n) is 4.22. The quantitative estimate of drug-likeness (QED) is 0.761. The summed E-state index contributed by atoms with van der Waals surface area (Å²) < 4.78 is 1.94. The molecule has 0 fully saturated rings. The molecule has 94 valence electrons. The summed E-state index contributed by atoms with van der Waals surface area (Å²) in [4.78, 5) is 19.5. The highest BCUT2D eigenvalue weighted by Crippen LogP contribution is 2.22. The molecular weight excluding hydrogens is 242 g/mol. The van der Waals surface area contributed by atoms with Gasteiger partial charge in [-0.3, -0.25) is 0 Å². The fourth-order valence-electron chi connectivity index (χ4n) is 2.05. The van der Waals surface area contributed by atoms with Crippen molar-refractivity contribution >= 4 is 17.1 Å². The monoisotopic (exact) mass is 253 g/mol.